The Morgan fingerprint density at radius 1 is 1.35 bits per heavy atom. The van der Waals surface area contributed by atoms with Crippen LogP contribution in [0.3, 0.4) is 0 Å². The van der Waals surface area contributed by atoms with Crippen LogP contribution in [0.1, 0.15) is 41.7 Å². The number of piperidine rings is 1. The molecule has 0 spiro atoms. The Morgan fingerprint density at radius 2 is 2.06 bits per heavy atom. The summed E-state index contributed by atoms with van der Waals surface area (Å²) in [6.07, 6.45) is 2.41. The first-order chi connectivity index (χ1) is 8.20. The third-order valence-corrected chi connectivity index (χ3v) is 3.40. The molecule has 2 atom stereocenters. The highest BCUT2D eigenvalue weighted by Gasteiger charge is 2.19. The Morgan fingerprint density at radius 3 is 2.65 bits per heavy atom. The van der Waals surface area contributed by atoms with Gasteiger partial charge in [0.1, 0.15) is 0 Å². The highest BCUT2D eigenvalue weighted by Crippen LogP contribution is 2.26. The van der Waals surface area contributed by atoms with Crippen LogP contribution in [0.25, 0.3) is 0 Å². The molecule has 3 heteroatoms. The van der Waals surface area contributed by atoms with Crippen molar-refractivity contribution in [1.29, 1.82) is 0 Å². The summed E-state index contributed by atoms with van der Waals surface area (Å²) in [6.45, 7) is 3.36. The summed E-state index contributed by atoms with van der Waals surface area (Å²) in [4.78, 5) is 11.3. The fraction of sp³-hybridized carbons (Fsp3) is 0.500. The van der Waals surface area contributed by atoms with Gasteiger partial charge in [0.15, 0.2) is 0 Å². The minimum absolute atomic E-state index is 0.276. The molecule has 1 aliphatic rings. The summed E-state index contributed by atoms with van der Waals surface area (Å²) in [7, 11) is 1.40. The molecule has 0 bridgehead atoms. The van der Waals surface area contributed by atoms with Gasteiger partial charge in [0.05, 0.1) is 12.7 Å². The van der Waals surface area contributed by atoms with Gasteiger partial charge in [-0.05, 0) is 43.0 Å². The number of methoxy groups -OCH3 is 1. The van der Waals surface area contributed by atoms with E-state index in [1.54, 1.807) is 0 Å². The minimum atomic E-state index is -0.276. The van der Waals surface area contributed by atoms with Crippen molar-refractivity contribution in [3.8, 4) is 0 Å². The molecule has 17 heavy (non-hydrogen) atoms. The molecule has 3 nitrogen and oxygen atoms in total. The summed E-state index contributed by atoms with van der Waals surface area (Å²) in [5.74, 6) is 0.489. The summed E-state index contributed by atoms with van der Waals surface area (Å²) in [5, 5.41) is 3.51. The number of rotatable bonds is 2. The molecule has 0 aliphatic carbocycles. The molecule has 1 aromatic rings. The molecule has 1 saturated heterocycles. The SMILES string of the molecule is COC(=O)c1ccc(C2CC(C)CCN2)cc1. The van der Waals surface area contributed by atoms with Gasteiger partial charge in [-0.1, -0.05) is 19.1 Å². The van der Waals surface area contributed by atoms with Crippen LogP contribution in [0.4, 0.5) is 0 Å². The van der Waals surface area contributed by atoms with E-state index in [1.165, 1.54) is 19.1 Å². The smallest absolute Gasteiger partial charge is 0.337 e. The maximum atomic E-state index is 11.3. The summed E-state index contributed by atoms with van der Waals surface area (Å²) in [5.41, 5.74) is 1.87. The maximum absolute atomic E-state index is 11.3. The summed E-state index contributed by atoms with van der Waals surface area (Å²) >= 11 is 0. The van der Waals surface area contributed by atoms with E-state index >= 15 is 0 Å². The topological polar surface area (TPSA) is 38.3 Å². The lowest BCUT2D eigenvalue weighted by atomic mass is 9.90. The molecule has 2 unspecified atom stereocenters. The standard InChI is InChI=1S/C14H19NO2/c1-10-7-8-15-13(9-10)11-3-5-12(6-4-11)14(16)17-2/h3-6,10,13,15H,7-9H2,1-2H3. The average Bonchev–Trinajstić information content (AvgIpc) is 2.38. The molecule has 0 radical (unpaired) electrons. The zero-order chi connectivity index (χ0) is 12.3. The molecule has 1 fully saturated rings. The number of ether oxygens (including phenoxy) is 1. The number of carbonyl (C=O) groups excluding carboxylic acids is 1. The lowest BCUT2D eigenvalue weighted by molar-refractivity contribution is 0.0600. The molecule has 1 aliphatic heterocycles. The second-order valence-electron chi connectivity index (χ2n) is 4.75. The van der Waals surface area contributed by atoms with Crippen LogP contribution in [0.2, 0.25) is 0 Å². The molecule has 92 valence electrons. The quantitative estimate of drug-likeness (QED) is 0.798. The largest absolute Gasteiger partial charge is 0.465 e. The van der Waals surface area contributed by atoms with Crippen molar-refractivity contribution in [2.24, 2.45) is 5.92 Å². The summed E-state index contributed by atoms with van der Waals surface area (Å²) in [6, 6.07) is 8.12. The number of hydrogen-bond acceptors (Lipinski definition) is 3. The van der Waals surface area contributed by atoms with Crippen LogP contribution in [0, 0.1) is 5.92 Å². The van der Waals surface area contributed by atoms with Crippen LogP contribution in [-0.4, -0.2) is 19.6 Å². The van der Waals surface area contributed by atoms with Crippen molar-refractivity contribution in [2.75, 3.05) is 13.7 Å². The van der Waals surface area contributed by atoms with Crippen molar-refractivity contribution in [2.45, 2.75) is 25.8 Å². The van der Waals surface area contributed by atoms with Gasteiger partial charge in [-0.15, -0.1) is 0 Å². The first-order valence-corrected chi connectivity index (χ1v) is 6.12. The Bertz CT molecular complexity index is 386. The van der Waals surface area contributed by atoms with E-state index in [1.807, 2.05) is 24.3 Å². The van der Waals surface area contributed by atoms with Crippen molar-refractivity contribution in [1.82, 2.24) is 5.32 Å². The minimum Gasteiger partial charge on any atom is -0.465 e. The Hall–Kier alpha value is -1.35. The lowest BCUT2D eigenvalue weighted by Crippen LogP contribution is -2.30. The monoisotopic (exact) mass is 233 g/mol. The van der Waals surface area contributed by atoms with E-state index in [2.05, 4.69) is 17.0 Å². The molecule has 0 saturated carbocycles. The Labute approximate surface area is 102 Å². The van der Waals surface area contributed by atoms with Gasteiger partial charge >= 0.3 is 5.97 Å². The van der Waals surface area contributed by atoms with E-state index in [0.29, 0.717) is 11.6 Å². The third kappa shape index (κ3) is 2.86. The van der Waals surface area contributed by atoms with Gasteiger partial charge in [0.2, 0.25) is 0 Å². The predicted molar refractivity (Wildman–Crippen MR) is 66.9 cm³/mol. The number of esters is 1. The van der Waals surface area contributed by atoms with Crippen LogP contribution in [0.5, 0.6) is 0 Å². The number of hydrogen-bond donors (Lipinski definition) is 1. The lowest BCUT2D eigenvalue weighted by Gasteiger charge is -2.28. The highest BCUT2D eigenvalue weighted by atomic mass is 16.5. The van der Waals surface area contributed by atoms with Crippen molar-refractivity contribution >= 4 is 5.97 Å². The van der Waals surface area contributed by atoms with E-state index in [0.717, 1.165) is 18.9 Å². The first kappa shape index (κ1) is 12.1. The van der Waals surface area contributed by atoms with E-state index in [-0.39, 0.29) is 5.97 Å². The third-order valence-electron chi connectivity index (χ3n) is 3.40. The maximum Gasteiger partial charge on any atom is 0.337 e. The zero-order valence-electron chi connectivity index (χ0n) is 10.4. The number of nitrogens with one attached hydrogen (secondary N) is 1. The van der Waals surface area contributed by atoms with Crippen molar-refractivity contribution < 1.29 is 9.53 Å². The van der Waals surface area contributed by atoms with Gasteiger partial charge in [-0.2, -0.15) is 0 Å². The van der Waals surface area contributed by atoms with Crippen LogP contribution in [0.15, 0.2) is 24.3 Å². The van der Waals surface area contributed by atoms with Crippen molar-refractivity contribution in [3.05, 3.63) is 35.4 Å². The number of carbonyl (C=O) groups is 1. The van der Waals surface area contributed by atoms with Crippen LogP contribution in [-0.2, 0) is 4.74 Å². The van der Waals surface area contributed by atoms with Gasteiger partial charge in [0, 0.05) is 6.04 Å². The molecule has 1 N–H and O–H groups in total. The first-order valence-electron chi connectivity index (χ1n) is 6.12. The highest BCUT2D eigenvalue weighted by molar-refractivity contribution is 5.89. The van der Waals surface area contributed by atoms with Crippen molar-refractivity contribution in [3.63, 3.8) is 0 Å². The molecular formula is C14H19NO2. The Kier molecular flexibility index (Phi) is 3.79. The van der Waals surface area contributed by atoms with Gasteiger partial charge < -0.3 is 10.1 Å². The molecule has 0 aromatic heterocycles. The normalized spacial score (nSPS) is 24.4. The molecular weight excluding hydrogens is 214 g/mol. The molecule has 1 heterocycles. The second kappa shape index (κ2) is 5.32. The summed E-state index contributed by atoms with van der Waals surface area (Å²) < 4.78 is 4.68. The van der Waals surface area contributed by atoms with Gasteiger partial charge in [-0.25, -0.2) is 4.79 Å². The fourth-order valence-electron chi connectivity index (χ4n) is 2.33. The van der Waals surface area contributed by atoms with Crippen LogP contribution < -0.4 is 5.32 Å². The van der Waals surface area contributed by atoms with E-state index in [4.69, 9.17) is 0 Å². The second-order valence-corrected chi connectivity index (χ2v) is 4.75. The number of benzene rings is 1. The Balaban J connectivity index is 2.09. The van der Waals surface area contributed by atoms with E-state index in [9.17, 15) is 4.79 Å². The zero-order valence-corrected chi connectivity index (χ0v) is 10.4. The van der Waals surface area contributed by atoms with E-state index < -0.39 is 0 Å². The average molecular weight is 233 g/mol. The van der Waals surface area contributed by atoms with Gasteiger partial charge in [-0.3, -0.25) is 0 Å². The fourth-order valence-corrected chi connectivity index (χ4v) is 2.33. The van der Waals surface area contributed by atoms with Gasteiger partial charge in [0.25, 0.3) is 0 Å². The molecule has 2 rings (SSSR count). The predicted octanol–water partition coefficient (Wildman–Crippen LogP) is 2.53. The van der Waals surface area contributed by atoms with Crippen LogP contribution >= 0.6 is 0 Å². The molecule has 0 amide bonds. The molecule has 1 aromatic carbocycles.